The molecule has 0 spiro atoms. The average Bonchev–Trinajstić information content (AvgIpc) is 2.18. The molecule has 0 bridgehead atoms. The molecule has 3 heteroatoms. The van der Waals surface area contributed by atoms with Gasteiger partial charge in [0.15, 0.2) is 5.78 Å². The monoisotopic (exact) mass is 191 g/mol. The van der Waals surface area contributed by atoms with Crippen LogP contribution in [0, 0.1) is 0 Å². The van der Waals surface area contributed by atoms with Crippen molar-refractivity contribution < 1.29 is 9.53 Å². The fourth-order valence-corrected chi connectivity index (χ4v) is 1.73. The van der Waals surface area contributed by atoms with E-state index in [4.69, 9.17) is 4.74 Å². The first-order valence-corrected chi connectivity index (χ1v) is 4.96. The third-order valence-corrected chi connectivity index (χ3v) is 2.41. The summed E-state index contributed by atoms with van der Waals surface area (Å²) >= 11 is 0. The number of hydrogen-bond donors (Lipinski definition) is 0. The summed E-state index contributed by atoms with van der Waals surface area (Å²) in [7, 11) is 0. The fraction of sp³-hybridized carbons (Fsp3) is 0.455. The van der Waals surface area contributed by atoms with Crippen LogP contribution in [0.1, 0.15) is 35.7 Å². The van der Waals surface area contributed by atoms with Gasteiger partial charge in [-0.05, 0) is 25.3 Å². The van der Waals surface area contributed by atoms with Gasteiger partial charge in [0.05, 0.1) is 6.61 Å². The van der Waals surface area contributed by atoms with E-state index in [-0.39, 0.29) is 5.78 Å². The molecule has 0 radical (unpaired) electrons. The van der Waals surface area contributed by atoms with E-state index >= 15 is 0 Å². The van der Waals surface area contributed by atoms with Crippen LogP contribution in [0.5, 0.6) is 5.88 Å². The topological polar surface area (TPSA) is 39.2 Å². The minimum absolute atomic E-state index is 0.210. The highest BCUT2D eigenvalue weighted by molar-refractivity contribution is 5.98. The zero-order valence-electron chi connectivity index (χ0n) is 8.25. The molecular formula is C11H13NO2. The molecular weight excluding hydrogens is 178 g/mol. The fourth-order valence-electron chi connectivity index (χ4n) is 1.73. The van der Waals surface area contributed by atoms with Crippen LogP contribution in [0.3, 0.4) is 0 Å². The van der Waals surface area contributed by atoms with Crippen molar-refractivity contribution >= 4 is 5.78 Å². The number of fused-ring (bicyclic) bond motifs is 1. The van der Waals surface area contributed by atoms with Crippen molar-refractivity contribution in [3.8, 4) is 5.88 Å². The predicted molar refractivity (Wildman–Crippen MR) is 52.7 cm³/mol. The molecule has 0 amide bonds. The van der Waals surface area contributed by atoms with E-state index in [2.05, 4.69) is 4.98 Å². The number of nitrogens with zero attached hydrogens (tertiary/aromatic N) is 1. The van der Waals surface area contributed by atoms with E-state index in [1.54, 1.807) is 6.20 Å². The quantitative estimate of drug-likeness (QED) is 0.717. The number of ether oxygens (including phenoxy) is 1. The molecule has 14 heavy (non-hydrogen) atoms. The number of Topliss-reactive ketones (excluding diaryl/α,β-unsaturated/α-hetero) is 1. The molecule has 0 atom stereocenters. The number of pyridine rings is 1. The van der Waals surface area contributed by atoms with Gasteiger partial charge in [-0.1, -0.05) is 0 Å². The van der Waals surface area contributed by atoms with Crippen molar-refractivity contribution in [1.82, 2.24) is 4.98 Å². The molecule has 74 valence electrons. The van der Waals surface area contributed by atoms with Crippen LogP contribution in [0.15, 0.2) is 12.3 Å². The summed E-state index contributed by atoms with van der Waals surface area (Å²) in [6.45, 7) is 2.53. The SMILES string of the molecule is CCOc1cc2c(cn1)C(=O)CCC2. The first kappa shape index (κ1) is 9.19. The lowest BCUT2D eigenvalue weighted by atomic mass is 9.92. The third kappa shape index (κ3) is 1.62. The Morgan fingerprint density at radius 1 is 1.50 bits per heavy atom. The highest BCUT2D eigenvalue weighted by atomic mass is 16.5. The number of rotatable bonds is 2. The molecule has 0 saturated carbocycles. The molecule has 0 aliphatic heterocycles. The maximum atomic E-state index is 11.5. The zero-order chi connectivity index (χ0) is 9.97. The number of carbonyl (C=O) groups excluding carboxylic acids is 1. The van der Waals surface area contributed by atoms with Crippen LogP contribution < -0.4 is 4.74 Å². The Balaban J connectivity index is 2.34. The van der Waals surface area contributed by atoms with Gasteiger partial charge in [0.25, 0.3) is 0 Å². The zero-order valence-corrected chi connectivity index (χ0v) is 8.25. The Kier molecular flexibility index (Phi) is 2.48. The van der Waals surface area contributed by atoms with Gasteiger partial charge in [-0.25, -0.2) is 4.98 Å². The summed E-state index contributed by atoms with van der Waals surface area (Å²) < 4.78 is 5.28. The molecule has 0 aromatic carbocycles. The Labute approximate surface area is 83.1 Å². The van der Waals surface area contributed by atoms with E-state index in [9.17, 15) is 4.79 Å². The number of aryl methyl sites for hydroxylation is 1. The number of aromatic nitrogens is 1. The highest BCUT2D eigenvalue weighted by Crippen LogP contribution is 2.23. The van der Waals surface area contributed by atoms with Crippen molar-refractivity contribution in [2.45, 2.75) is 26.2 Å². The molecule has 0 saturated heterocycles. The second kappa shape index (κ2) is 3.78. The summed E-state index contributed by atoms with van der Waals surface area (Å²) in [5, 5.41) is 0. The van der Waals surface area contributed by atoms with Crippen molar-refractivity contribution in [1.29, 1.82) is 0 Å². The third-order valence-electron chi connectivity index (χ3n) is 2.41. The van der Waals surface area contributed by atoms with Crippen molar-refractivity contribution in [3.05, 3.63) is 23.4 Å². The number of hydrogen-bond acceptors (Lipinski definition) is 3. The summed E-state index contributed by atoms with van der Waals surface area (Å²) in [6.07, 6.45) is 4.20. The van der Waals surface area contributed by atoms with Crippen LogP contribution in [0.2, 0.25) is 0 Å². The number of ketones is 1. The summed E-state index contributed by atoms with van der Waals surface area (Å²) in [4.78, 5) is 15.6. The van der Waals surface area contributed by atoms with Crippen LogP contribution >= 0.6 is 0 Å². The molecule has 1 aliphatic carbocycles. The van der Waals surface area contributed by atoms with E-state index in [1.165, 1.54) is 0 Å². The molecule has 2 rings (SSSR count). The molecule has 3 nitrogen and oxygen atoms in total. The summed E-state index contributed by atoms with van der Waals surface area (Å²) in [6, 6.07) is 1.88. The molecule has 0 N–H and O–H groups in total. The molecule has 1 aromatic heterocycles. The van der Waals surface area contributed by atoms with Crippen LogP contribution in [-0.4, -0.2) is 17.4 Å². The minimum atomic E-state index is 0.210. The van der Waals surface area contributed by atoms with Gasteiger partial charge in [0, 0.05) is 24.2 Å². The van der Waals surface area contributed by atoms with Gasteiger partial charge in [-0.3, -0.25) is 4.79 Å². The molecule has 1 aromatic rings. The Morgan fingerprint density at radius 3 is 3.14 bits per heavy atom. The second-order valence-electron chi connectivity index (χ2n) is 3.39. The maximum Gasteiger partial charge on any atom is 0.213 e. The van der Waals surface area contributed by atoms with Gasteiger partial charge in [-0.2, -0.15) is 0 Å². The lowest BCUT2D eigenvalue weighted by Gasteiger charge is -2.14. The van der Waals surface area contributed by atoms with Gasteiger partial charge < -0.3 is 4.74 Å². The van der Waals surface area contributed by atoms with E-state index in [0.717, 1.165) is 24.0 Å². The highest BCUT2D eigenvalue weighted by Gasteiger charge is 2.17. The van der Waals surface area contributed by atoms with E-state index in [1.807, 2.05) is 13.0 Å². The first-order valence-electron chi connectivity index (χ1n) is 4.96. The first-order chi connectivity index (χ1) is 6.81. The van der Waals surface area contributed by atoms with Crippen molar-refractivity contribution in [2.24, 2.45) is 0 Å². The predicted octanol–water partition coefficient (Wildman–Crippen LogP) is 2.00. The largest absolute Gasteiger partial charge is 0.478 e. The molecule has 1 aliphatic rings. The Hall–Kier alpha value is -1.38. The lowest BCUT2D eigenvalue weighted by molar-refractivity contribution is 0.0972. The molecule has 0 fully saturated rings. The van der Waals surface area contributed by atoms with Crippen LogP contribution in [-0.2, 0) is 6.42 Å². The van der Waals surface area contributed by atoms with Gasteiger partial charge in [0.2, 0.25) is 5.88 Å². The average molecular weight is 191 g/mol. The smallest absolute Gasteiger partial charge is 0.213 e. The Bertz CT molecular complexity index is 360. The van der Waals surface area contributed by atoms with Gasteiger partial charge >= 0.3 is 0 Å². The van der Waals surface area contributed by atoms with Crippen LogP contribution in [0.25, 0.3) is 0 Å². The normalized spacial score (nSPS) is 15.1. The van der Waals surface area contributed by atoms with E-state index in [0.29, 0.717) is 18.9 Å². The summed E-state index contributed by atoms with van der Waals surface area (Å²) in [5.41, 5.74) is 1.86. The van der Waals surface area contributed by atoms with Gasteiger partial charge in [-0.15, -0.1) is 0 Å². The molecule has 0 unspecified atom stereocenters. The summed E-state index contributed by atoms with van der Waals surface area (Å²) in [5.74, 6) is 0.836. The molecule has 1 heterocycles. The van der Waals surface area contributed by atoms with Crippen molar-refractivity contribution in [2.75, 3.05) is 6.61 Å². The van der Waals surface area contributed by atoms with Crippen molar-refractivity contribution in [3.63, 3.8) is 0 Å². The number of carbonyl (C=O) groups is 1. The van der Waals surface area contributed by atoms with Gasteiger partial charge in [0.1, 0.15) is 0 Å². The van der Waals surface area contributed by atoms with E-state index < -0.39 is 0 Å². The lowest BCUT2D eigenvalue weighted by Crippen LogP contribution is -2.11. The maximum absolute atomic E-state index is 11.5. The Morgan fingerprint density at radius 2 is 2.36 bits per heavy atom. The minimum Gasteiger partial charge on any atom is -0.478 e. The van der Waals surface area contributed by atoms with Crippen LogP contribution in [0.4, 0.5) is 0 Å². The standard InChI is InChI=1S/C11H13NO2/c1-2-14-11-6-8-4-3-5-10(13)9(8)7-12-11/h6-7H,2-5H2,1H3. The second-order valence-corrected chi connectivity index (χ2v) is 3.39.